The normalized spacial score (nSPS) is 19.9. The Balaban J connectivity index is 1.96. The molecule has 1 aromatic rings. The quantitative estimate of drug-likeness (QED) is 0.606. The highest BCUT2D eigenvalue weighted by Gasteiger charge is 2.27. The molecule has 3 nitrogen and oxygen atoms in total. The van der Waals surface area contributed by atoms with Gasteiger partial charge in [-0.15, -0.1) is 23.5 Å². The smallest absolute Gasteiger partial charge is 0.232 e. The van der Waals surface area contributed by atoms with Crippen molar-refractivity contribution in [3.8, 4) is 0 Å². The number of rotatable bonds is 10. The monoisotopic (exact) mass is 408 g/mol. The molecule has 0 radical (unpaired) electrons. The van der Waals surface area contributed by atoms with Gasteiger partial charge in [-0.2, -0.15) is 0 Å². The van der Waals surface area contributed by atoms with Crippen LogP contribution in [0.2, 0.25) is 0 Å². The fourth-order valence-corrected chi connectivity index (χ4v) is 6.53. The first-order valence-electron chi connectivity index (χ1n) is 10.4. The van der Waals surface area contributed by atoms with Crippen LogP contribution >= 0.6 is 23.5 Å². The zero-order valence-electron chi connectivity index (χ0n) is 17.2. The summed E-state index contributed by atoms with van der Waals surface area (Å²) >= 11 is 3.91. The van der Waals surface area contributed by atoms with Gasteiger partial charge in [0, 0.05) is 29.0 Å². The lowest BCUT2D eigenvalue weighted by Crippen LogP contribution is -2.32. The van der Waals surface area contributed by atoms with E-state index in [0.717, 1.165) is 25.8 Å². The lowest BCUT2D eigenvalue weighted by molar-refractivity contribution is -0.127. The number of carbonyl (C=O) groups is 1. The average molecular weight is 409 g/mol. The fourth-order valence-electron chi connectivity index (χ4n) is 3.51. The van der Waals surface area contributed by atoms with E-state index in [0.29, 0.717) is 22.8 Å². The third kappa shape index (κ3) is 7.35. The Bertz CT molecular complexity index is 571. The molecule has 0 spiro atoms. The lowest BCUT2D eigenvalue weighted by Gasteiger charge is -2.31. The number of amides is 1. The van der Waals surface area contributed by atoms with E-state index in [4.69, 9.17) is 5.73 Å². The van der Waals surface area contributed by atoms with E-state index >= 15 is 0 Å². The van der Waals surface area contributed by atoms with Gasteiger partial charge in [-0.1, -0.05) is 32.8 Å². The van der Waals surface area contributed by atoms with E-state index < -0.39 is 0 Å². The van der Waals surface area contributed by atoms with Crippen LogP contribution in [-0.2, 0) is 17.6 Å². The fraction of sp³-hybridized carbons (Fsp3) is 0.682. The highest BCUT2D eigenvalue weighted by molar-refractivity contribution is 8.04. The van der Waals surface area contributed by atoms with Crippen LogP contribution in [0.25, 0.3) is 0 Å². The van der Waals surface area contributed by atoms with Crippen molar-refractivity contribution in [1.29, 1.82) is 0 Å². The highest BCUT2D eigenvalue weighted by atomic mass is 32.2. The standard InChI is InChI=1S/C22H36N2OS2/c1-4-17-13-18(5-2)15-19(14-17)27-21-10-7-6-9-20(21)26-16-22(25)24(3)12-8-11-23/h13-15,20-21H,4-12,16,23H2,1-3H3/t20-,21-/m0/s1. The van der Waals surface area contributed by atoms with Crippen LogP contribution in [-0.4, -0.2) is 47.2 Å². The molecule has 27 heavy (non-hydrogen) atoms. The molecule has 0 aliphatic heterocycles. The molecule has 1 fully saturated rings. The minimum Gasteiger partial charge on any atom is -0.345 e. The van der Waals surface area contributed by atoms with Gasteiger partial charge in [0.05, 0.1) is 5.75 Å². The van der Waals surface area contributed by atoms with E-state index in [1.54, 1.807) is 0 Å². The molecule has 2 N–H and O–H groups in total. The molecule has 0 bridgehead atoms. The molecule has 152 valence electrons. The summed E-state index contributed by atoms with van der Waals surface area (Å²) in [4.78, 5) is 15.6. The first-order chi connectivity index (χ1) is 13.1. The molecular weight excluding hydrogens is 372 g/mol. The molecule has 0 saturated heterocycles. The molecule has 0 aromatic heterocycles. The summed E-state index contributed by atoms with van der Waals surface area (Å²) in [5.41, 5.74) is 8.43. The molecule has 1 aliphatic carbocycles. The van der Waals surface area contributed by atoms with Crippen LogP contribution in [0.4, 0.5) is 0 Å². The number of nitrogens with two attached hydrogens (primary N) is 1. The van der Waals surface area contributed by atoms with Gasteiger partial charge in [-0.05, 0) is 61.9 Å². The van der Waals surface area contributed by atoms with Crippen molar-refractivity contribution in [2.24, 2.45) is 5.73 Å². The van der Waals surface area contributed by atoms with E-state index in [1.807, 2.05) is 35.5 Å². The predicted molar refractivity (Wildman–Crippen MR) is 121 cm³/mol. The maximum Gasteiger partial charge on any atom is 0.232 e. The Hall–Kier alpha value is -0.650. The molecule has 5 heteroatoms. The summed E-state index contributed by atoms with van der Waals surface area (Å²) in [5, 5.41) is 1.19. The third-order valence-electron chi connectivity index (χ3n) is 5.32. The number of hydrogen-bond donors (Lipinski definition) is 1. The summed E-state index contributed by atoms with van der Waals surface area (Å²) in [7, 11) is 1.90. The lowest BCUT2D eigenvalue weighted by atomic mass is 10.00. The van der Waals surface area contributed by atoms with Crippen molar-refractivity contribution in [3.05, 3.63) is 29.3 Å². The average Bonchev–Trinajstić information content (AvgIpc) is 2.70. The Kier molecular flexibility index (Phi) is 10.1. The van der Waals surface area contributed by atoms with Gasteiger partial charge in [0.2, 0.25) is 5.91 Å². The van der Waals surface area contributed by atoms with Crippen LogP contribution in [0.3, 0.4) is 0 Å². The van der Waals surface area contributed by atoms with E-state index in [9.17, 15) is 4.79 Å². The van der Waals surface area contributed by atoms with Gasteiger partial charge >= 0.3 is 0 Å². The summed E-state index contributed by atoms with van der Waals surface area (Å²) in [6.45, 7) is 5.87. The minimum atomic E-state index is 0.240. The van der Waals surface area contributed by atoms with Crippen molar-refractivity contribution in [2.75, 3.05) is 25.9 Å². The Labute approximate surface area is 174 Å². The first-order valence-corrected chi connectivity index (χ1v) is 12.3. The second-order valence-electron chi connectivity index (χ2n) is 7.44. The maximum atomic E-state index is 12.4. The summed E-state index contributed by atoms with van der Waals surface area (Å²) in [5.74, 6) is 0.835. The zero-order chi connectivity index (χ0) is 19.6. The third-order valence-corrected chi connectivity index (χ3v) is 8.27. The van der Waals surface area contributed by atoms with E-state index in [2.05, 4.69) is 32.0 Å². The maximum absolute atomic E-state index is 12.4. The van der Waals surface area contributed by atoms with Gasteiger partial charge in [0.1, 0.15) is 0 Å². The molecule has 1 saturated carbocycles. The number of nitrogens with zero attached hydrogens (tertiary/aromatic N) is 1. The molecule has 1 aliphatic rings. The van der Waals surface area contributed by atoms with E-state index in [1.165, 1.54) is 41.7 Å². The van der Waals surface area contributed by atoms with Crippen molar-refractivity contribution in [1.82, 2.24) is 4.90 Å². The first kappa shape index (κ1) is 22.6. The van der Waals surface area contributed by atoms with Gasteiger partial charge in [0.15, 0.2) is 0 Å². The molecule has 0 unspecified atom stereocenters. The van der Waals surface area contributed by atoms with Crippen molar-refractivity contribution < 1.29 is 4.79 Å². The van der Waals surface area contributed by atoms with Crippen molar-refractivity contribution in [3.63, 3.8) is 0 Å². The Morgan fingerprint density at radius 3 is 2.33 bits per heavy atom. The molecule has 1 aromatic carbocycles. The van der Waals surface area contributed by atoms with Crippen LogP contribution in [0, 0.1) is 0 Å². The van der Waals surface area contributed by atoms with Gasteiger partial charge < -0.3 is 10.6 Å². The van der Waals surface area contributed by atoms with E-state index in [-0.39, 0.29) is 5.91 Å². The van der Waals surface area contributed by atoms with Crippen LogP contribution < -0.4 is 5.73 Å². The molecular formula is C22H36N2OS2. The van der Waals surface area contributed by atoms with Crippen molar-refractivity contribution in [2.45, 2.75) is 74.2 Å². The number of hydrogen-bond acceptors (Lipinski definition) is 4. The van der Waals surface area contributed by atoms with Gasteiger partial charge in [0.25, 0.3) is 0 Å². The van der Waals surface area contributed by atoms with Crippen molar-refractivity contribution >= 4 is 29.4 Å². The molecule has 2 atom stereocenters. The second-order valence-corrected chi connectivity index (χ2v) is 9.98. The summed E-state index contributed by atoms with van der Waals surface area (Å²) in [6, 6.07) is 7.07. The van der Waals surface area contributed by atoms with Gasteiger partial charge in [-0.3, -0.25) is 4.79 Å². The number of carbonyl (C=O) groups excluding carboxylic acids is 1. The summed E-state index contributed by atoms with van der Waals surface area (Å²) in [6.07, 6.45) is 8.16. The molecule has 0 heterocycles. The molecule has 2 rings (SSSR count). The highest BCUT2D eigenvalue weighted by Crippen LogP contribution is 2.40. The largest absolute Gasteiger partial charge is 0.345 e. The van der Waals surface area contributed by atoms with Crippen LogP contribution in [0.1, 0.15) is 57.1 Å². The topological polar surface area (TPSA) is 46.3 Å². The van der Waals surface area contributed by atoms with Crippen LogP contribution in [0.5, 0.6) is 0 Å². The zero-order valence-corrected chi connectivity index (χ0v) is 18.8. The van der Waals surface area contributed by atoms with Gasteiger partial charge in [-0.25, -0.2) is 0 Å². The Morgan fingerprint density at radius 2 is 1.74 bits per heavy atom. The Morgan fingerprint density at radius 1 is 1.11 bits per heavy atom. The minimum absolute atomic E-state index is 0.240. The predicted octanol–water partition coefficient (Wildman–Crippen LogP) is 4.76. The van der Waals surface area contributed by atoms with Crippen LogP contribution in [0.15, 0.2) is 23.1 Å². The summed E-state index contributed by atoms with van der Waals surface area (Å²) < 4.78 is 0. The SMILES string of the molecule is CCc1cc(CC)cc(S[C@H]2CCCC[C@@H]2SCC(=O)N(C)CCCN)c1. The second kappa shape index (κ2) is 12.0. The molecule has 1 amide bonds. The number of aryl methyl sites for hydroxylation is 2. The number of thioether (sulfide) groups is 2. The number of benzene rings is 1.